The van der Waals surface area contributed by atoms with Gasteiger partial charge in [-0.25, -0.2) is 4.57 Å². The van der Waals surface area contributed by atoms with E-state index in [2.05, 4.69) is 62.5 Å². The fourth-order valence-corrected chi connectivity index (χ4v) is 6.13. The Morgan fingerprint density at radius 3 is 1.71 bits per heavy atom. The summed E-state index contributed by atoms with van der Waals surface area (Å²) < 4.78 is 33.1. The van der Waals surface area contributed by atoms with E-state index in [1.54, 1.807) is 0 Å². The molecule has 0 radical (unpaired) electrons. The number of hydrogen-bond acceptors (Lipinski definition) is 12. The molecule has 0 saturated heterocycles. The van der Waals surface area contributed by atoms with Gasteiger partial charge >= 0.3 is 19.8 Å². The van der Waals surface area contributed by atoms with Crippen LogP contribution in [-0.2, 0) is 32.7 Å². The lowest BCUT2D eigenvalue weighted by atomic mass is 9.85. The van der Waals surface area contributed by atoms with Crippen molar-refractivity contribution in [2.45, 2.75) is 159 Å². The Kier molecular flexibility index (Phi) is 26.0. The number of phosphoric acid groups is 1. The maximum absolute atomic E-state index is 12.7. The summed E-state index contributed by atoms with van der Waals surface area (Å²) in [5, 5.41) is 49.8. The molecule has 0 heterocycles. The van der Waals surface area contributed by atoms with Crippen LogP contribution in [0, 0.1) is 0 Å². The number of carbonyl (C=O) groups excluding carboxylic acids is 2. The van der Waals surface area contributed by atoms with Crippen LogP contribution in [0.1, 0.15) is 117 Å². The van der Waals surface area contributed by atoms with E-state index in [4.69, 9.17) is 18.5 Å². The highest BCUT2D eigenvalue weighted by Crippen LogP contribution is 2.47. The van der Waals surface area contributed by atoms with Crippen molar-refractivity contribution < 1.29 is 63.1 Å². The Bertz CT molecular complexity index is 1090. The zero-order chi connectivity index (χ0) is 37.9. The maximum Gasteiger partial charge on any atom is 0.472 e. The fourth-order valence-electron chi connectivity index (χ4n) is 5.16. The highest BCUT2D eigenvalue weighted by Gasteiger charge is 2.51. The van der Waals surface area contributed by atoms with E-state index in [1.165, 1.54) is 0 Å². The molecule has 8 atom stereocenters. The summed E-state index contributed by atoms with van der Waals surface area (Å²) in [6.07, 6.45) is 16.6. The average molecular weight is 747 g/mol. The predicted molar refractivity (Wildman–Crippen MR) is 193 cm³/mol. The average Bonchev–Trinajstić information content (AvgIpc) is 3.10. The molecule has 1 fully saturated rings. The van der Waals surface area contributed by atoms with Gasteiger partial charge in [0.15, 0.2) is 6.10 Å². The summed E-state index contributed by atoms with van der Waals surface area (Å²) in [7, 11) is -5.11. The van der Waals surface area contributed by atoms with Gasteiger partial charge in [0, 0.05) is 12.8 Å². The molecule has 294 valence electrons. The highest BCUT2D eigenvalue weighted by atomic mass is 31.2. The monoisotopic (exact) mass is 746 g/mol. The SMILES string of the molecule is CC/C=C/C/C=C/C/C=C/C/C=C/CCCCC(=O)OC[C@@H](COP(=O)(O)OC1C(O)C(O)C(O)[C@H](O)C1O)OC(=O)CCCCCCCCC. The van der Waals surface area contributed by atoms with Crippen LogP contribution >= 0.6 is 7.82 Å². The molecule has 0 aliphatic heterocycles. The third kappa shape index (κ3) is 21.8. The van der Waals surface area contributed by atoms with Crippen molar-refractivity contribution in [3.63, 3.8) is 0 Å². The number of aliphatic hydroxyl groups is 5. The number of rotatable bonds is 28. The number of esters is 2. The van der Waals surface area contributed by atoms with Gasteiger partial charge in [0.1, 0.15) is 43.2 Å². The van der Waals surface area contributed by atoms with Gasteiger partial charge in [-0.1, -0.05) is 101 Å². The molecule has 6 N–H and O–H groups in total. The molecular weight excluding hydrogens is 683 g/mol. The molecule has 13 nitrogen and oxygen atoms in total. The van der Waals surface area contributed by atoms with Crippen LogP contribution in [0.15, 0.2) is 48.6 Å². The van der Waals surface area contributed by atoms with Crippen LogP contribution in [0.25, 0.3) is 0 Å². The van der Waals surface area contributed by atoms with E-state index in [1.807, 2.05) is 0 Å². The number of unbranched alkanes of at least 4 members (excludes halogenated alkanes) is 8. The summed E-state index contributed by atoms with van der Waals surface area (Å²) in [4.78, 5) is 35.2. The summed E-state index contributed by atoms with van der Waals surface area (Å²) >= 11 is 0. The van der Waals surface area contributed by atoms with Gasteiger partial charge in [0.25, 0.3) is 0 Å². The van der Waals surface area contributed by atoms with E-state index < -0.39 is 75.7 Å². The van der Waals surface area contributed by atoms with Crippen LogP contribution in [0.4, 0.5) is 0 Å². The molecule has 0 bridgehead atoms. The smallest absolute Gasteiger partial charge is 0.462 e. The minimum absolute atomic E-state index is 0.0847. The van der Waals surface area contributed by atoms with Crippen LogP contribution in [0.5, 0.6) is 0 Å². The second kappa shape index (κ2) is 28.3. The Morgan fingerprint density at radius 2 is 1.12 bits per heavy atom. The number of phosphoric ester groups is 1. The molecule has 0 aromatic carbocycles. The van der Waals surface area contributed by atoms with Gasteiger partial charge < -0.3 is 39.9 Å². The molecule has 0 aromatic heterocycles. The second-order valence-electron chi connectivity index (χ2n) is 12.7. The first-order valence-electron chi connectivity index (χ1n) is 18.4. The van der Waals surface area contributed by atoms with Crippen molar-refractivity contribution in [1.82, 2.24) is 0 Å². The summed E-state index contributed by atoms with van der Waals surface area (Å²) in [5.74, 6) is -1.16. The lowest BCUT2D eigenvalue weighted by molar-refractivity contribution is -0.220. The molecule has 0 amide bonds. The molecule has 6 unspecified atom stereocenters. The summed E-state index contributed by atoms with van der Waals surface area (Å²) in [5.41, 5.74) is 0. The number of allylic oxidation sites excluding steroid dienone is 8. The zero-order valence-electron chi connectivity index (χ0n) is 30.4. The first-order chi connectivity index (χ1) is 24.4. The fraction of sp³-hybridized carbons (Fsp3) is 0.730. The lowest BCUT2D eigenvalue weighted by Gasteiger charge is -2.41. The van der Waals surface area contributed by atoms with E-state index in [0.717, 1.165) is 77.0 Å². The van der Waals surface area contributed by atoms with Gasteiger partial charge in [-0.15, -0.1) is 0 Å². The number of aliphatic hydroxyl groups excluding tert-OH is 5. The highest BCUT2D eigenvalue weighted by molar-refractivity contribution is 7.47. The quantitative estimate of drug-likeness (QED) is 0.0261. The number of ether oxygens (including phenoxy) is 2. The van der Waals surface area contributed by atoms with Crippen molar-refractivity contribution in [2.24, 2.45) is 0 Å². The Balaban J connectivity index is 2.56. The van der Waals surface area contributed by atoms with E-state index >= 15 is 0 Å². The largest absolute Gasteiger partial charge is 0.472 e. The zero-order valence-corrected chi connectivity index (χ0v) is 31.3. The Hall–Kier alpha value is -2.19. The topological polar surface area (TPSA) is 210 Å². The molecule has 0 spiro atoms. The van der Waals surface area contributed by atoms with Gasteiger partial charge in [0.2, 0.25) is 0 Å². The molecule has 1 aliphatic rings. The van der Waals surface area contributed by atoms with Gasteiger partial charge in [-0.3, -0.25) is 18.6 Å². The summed E-state index contributed by atoms with van der Waals surface area (Å²) in [6, 6.07) is 0. The lowest BCUT2D eigenvalue weighted by Crippen LogP contribution is -2.64. The molecule has 1 aliphatic carbocycles. The van der Waals surface area contributed by atoms with Gasteiger partial charge in [0.05, 0.1) is 6.61 Å². The van der Waals surface area contributed by atoms with Crippen molar-refractivity contribution in [2.75, 3.05) is 13.2 Å². The maximum atomic E-state index is 12.7. The minimum atomic E-state index is -5.11. The van der Waals surface area contributed by atoms with Crippen molar-refractivity contribution in [3.05, 3.63) is 48.6 Å². The molecule has 0 aromatic rings. The third-order valence-corrected chi connectivity index (χ3v) is 9.17. The Morgan fingerprint density at radius 1 is 0.627 bits per heavy atom. The van der Waals surface area contributed by atoms with E-state index in [0.29, 0.717) is 12.8 Å². The van der Waals surface area contributed by atoms with Crippen LogP contribution < -0.4 is 0 Å². The number of hydrogen-bond donors (Lipinski definition) is 6. The third-order valence-electron chi connectivity index (χ3n) is 8.18. The van der Waals surface area contributed by atoms with Crippen molar-refractivity contribution >= 4 is 19.8 Å². The second-order valence-corrected chi connectivity index (χ2v) is 14.1. The predicted octanol–water partition coefficient (Wildman–Crippen LogP) is 5.27. The van der Waals surface area contributed by atoms with Crippen LogP contribution in [0.3, 0.4) is 0 Å². The molecule has 1 rings (SSSR count). The van der Waals surface area contributed by atoms with E-state index in [-0.39, 0.29) is 12.8 Å². The normalized spacial score (nSPS) is 24.5. The van der Waals surface area contributed by atoms with Gasteiger partial charge in [-0.2, -0.15) is 0 Å². The van der Waals surface area contributed by atoms with Crippen LogP contribution in [-0.4, -0.2) is 98.3 Å². The van der Waals surface area contributed by atoms with Crippen molar-refractivity contribution in [3.8, 4) is 0 Å². The molecular formula is C37H63O13P. The minimum Gasteiger partial charge on any atom is -0.462 e. The summed E-state index contributed by atoms with van der Waals surface area (Å²) in [6.45, 7) is 3.03. The standard InChI is InChI=1S/C37H63O13P/c1-3-5-7-9-11-12-13-14-15-16-17-18-20-21-23-25-30(38)47-27-29(49-31(39)26-24-22-19-10-8-6-4-2)28-48-51(45,46)50-37-35(43)33(41)32(40)34(42)36(37)44/h5,7,11-12,14-15,17-18,29,32-37,40-44H,3-4,6,8-10,13,16,19-28H2,1-2H3,(H,45,46)/b7-5+,12-11+,15-14+,18-17+/t29-,32?,33-,34?,35?,36?,37?/m0/s1. The number of carbonyl (C=O) groups is 2. The Labute approximate surface area is 303 Å². The van der Waals surface area contributed by atoms with Gasteiger partial charge in [-0.05, 0) is 51.4 Å². The first kappa shape index (κ1) is 46.8. The van der Waals surface area contributed by atoms with E-state index in [9.17, 15) is 44.6 Å². The van der Waals surface area contributed by atoms with Crippen molar-refractivity contribution in [1.29, 1.82) is 0 Å². The van der Waals surface area contributed by atoms with Crippen LogP contribution in [0.2, 0.25) is 0 Å². The molecule has 1 saturated carbocycles. The molecule has 51 heavy (non-hydrogen) atoms. The molecule has 14 heteroatoms. The first-order valence-corrected chi connectivity index (χ1v) is 19.9.